The molecule has 160 valence electrons. The van der Waals surface area contributed by atoms with Crippen molar-refractivity contribution in [1.82, 2.24) is 0 Å². The monoisotopic (exact) mass is 382 g/mol. The van der Waals surface area contributed by atoms with E-state index >= 15 is 0 Å². The summed E-state index contributed by atoms with van der Waals surface area (Å²) < 4.78 is 5.12. The van der Waals surface area contributed by atoms with Gasteiger partial charge in [-0.3, -0.25) is 0 Å². The van der Waals surface area contributed by atoms with Gasteiger partial charge in [-0.05, 0) is 19.3 Å². The first-order valence-corrected chi connectivity index (χ1v) is 11.5. The lowest BCUT2D eigenvalue weighted by Gasteiger charge is -2.20. The Morgan fingerprint density at radius 1 is 0.852 bits per heavy atom. The summed E-state index contributed by atoms with van der Waals surface area (Å²) in [5.41, 5.74) is 0.387. The van der Waals surface area contributed by atoms with Crippen LogP contribution >= 0.6 is 0 Å². The van der Waals surface area contributed by atoms with E-state index in [1.807, 2.05) is 0 Å². The molecule has 0 aromatic rings. The van der Waals surface area contributed by atoms with Crippen LogP contribution in [0.15, 0.2) is 12.2 Å². The summed E-state index contributed by atoms with van der Waals surface area (Å²) in [6.45, 7) is 9.80. The van der Waals surface area contributed by atoms with E-state index in [2.05, 4.69) is 20.4 Å². The van der Waals surface area contributed by atoms with Crippen LogP contribution in [-0.2, 0) is 9.53 Å². The van der Waals surface area contributed by atoms with E-state index in [9.17, 15) is 9.90 Å². The van der Waals surface area contributed by atoms with E-state index in [0.717, 1.165) is 6.42 Å². The molecule has 0 spiro atoms. The highest BCUT2D eigenvalue weighted by molar-refractivity contribution is 5.86. The number of aliphatic hydroxyl groups excluding tert-OH is 1. The van der Waals surface area contributed by atoms with Gasteiger partial charge in [-0.25, -0.2) is 4.79 Å². The van der Waals surface area contributed by atoms with Gasteiger partial charge in [0.2, 0.25) is 0 Å². The molecule has 0 fully saturated rings. The van der Waals surface area contributed by atoms with Crippen molar-refractivity contribution in [2.75, 3.05) is 6.61 Å². The lowest BCUT2D eigenvalue weighted by Crippen LogP contribution is -2.22. The maximum atomic E-state index is 11.5. The molecule has 0 aromatic heterocycles. The van der Waals surface area contributed by atoms with Crippen LogP contribution in [0.25, 0.3) is 0 Å². The van der Waals surface area contributed by atoms with E-state index < -0.39 is 12.1 Å². The van der Waals surface area contributed by atoms with Crippen LogP contribution in [0.1, 0.15) is 117 Å². The highest BCUT2D eigenvalue weighted by Gasteiger charge is 2.16. The molecule has 0 aromatic carbocycles. The van der Waals surface area contributed by atoms with Crippen molar-refractivity contribution in [3.8, 4) is 0 Å². The first kappa shape index (κ1) is 26.2. The molecule has 0 aliphatic rings. The maximum Gasteiger partial charge on any atom is 0.333 e. The summed E-state index contributed by atoms with van der Waals surface area (Å²) in [6, 6.07) is 0. The van der Waals surface area contributed by atoms with Gasteiger partial charge in [-0.2, -0.15) is 0 Å². The normalized spacial score (nSPS) is 12.3. The quantitative estimate of drug-likeness (QED) is 0.149. The average Bonchev–Trinajstić information content (AvgIpc) is 2.64. The standard InChI is InChI=1S/C24H46O3/c1-5-7-9-11-13-15-17-22(18-16-14-12-10-8-6-2)19-23(25)20-27-24(26)21(3)4/h22-23,25H,3,5-20H2,1-2,4H3. The minimum atomic E-state index is -0.557. The largest absolute Gasteiger partial charge is 0.460 e. The molecule has 0 heterocycles. The summed E-state index contributed by atoms with van der Waals surface area (Å²) in [7, 11) is 0. The van der Waals surface area contributed by atoms with E-state index in [1.165, 1.54) is 89.9 Å². The van der Waals surface area contributed by atoms with Crippen molar-refractivity contribution in [1.29, 1.82) is 0 Å². The third-order valence-electron chi connectivity index (χ3n) is 5.29. The van der Waals surface area contributed by atoms with Gasteiger partial charge in [0.1, 0.15) is 6.61 Å². The summed E-state index contributed by atoms with van der Waals surface area (Å²) in [4.78, 5) is 11.5. The molecule has 0 radical (unpaired) electrons. The van der Waals surface area contributed by atoms with Crippen molar-refractivity contribution in [2.24, 2.45) is 5.92 Å². The van der Waals surface area contributed by atoms with Gasteiger partial charge in [0.05, 0.1) is 6.10 Å². The van der Waals surface area contributed by atoms with Crippen LogP contribution in [0, 0.1) is 5.92 Å². The number of carbonyl (C=O) groups is 1. The summed E-state index contributed by atoms with van der Waals surface area (Å²) in [5, 5.41) is 10.3. The SMILES string of the molecule is C=C(C)C(=O)OCC(O)CC(CCCCCCCC)CCCCCCCC. The zero-order valence-corrected chi connectivity index (χ0v) is 18.4. The van der Waals surface area contributed by atoms with Crippen LogP contribution in [0.3, 0.4) is 0 Å². The summed E-state index contributed by atoms with van der Waals surface area (Å²) >= 11 is 0. The second-order valence-corrected chi connectivity index (χ2v) is 8.25. The fourth-order valence-electron chi connectivity index (χ4n) is 3.55. The Hall–Kier alpha value is -0.830. The van der Waals surface area contributed by atoms with E-state index in [0.29, 0.717) is 11.5 Å². The Bertz CT molecular complexity index is 349. The first-order valence-electron chi connectivity index (χ1n) is 11.5. The third-order valence-corrected chi connectivity index (χ3v) is 5.29. The fourth-order valence-corrected chi connectivity index (χ4v) is 3.55. The van der Waals surface area contributed by atoms with Gasteiger partial charge < -0.3 is 9.84 Å². The lowest BCUT2D eigenvalue weighted by atomic mass is 9.89. The van der Waals surface area contributed by atoms with Crippen LogP contribution < -0.4 is 0 Å². The van der Waals surface area contributed by atoms with Gasteiger partial charge in [0.25, 0.3) is 0 Å². The number of hydrogen-bond acceptors (Lipinski definition) is 3. The molecule has 0 saturated heterocycles. The molecular formula is C24H46O3. The predicted octanol–water partition coefficient (Wildman–Crippen LogP) is 6.97. The number of hydrogen-bond donors (Lipinski definition) is 1. The molecule has 1 N–H and O–H groups in total. The van der Waals surface area contributed by atoms with Gasteiger partial charge in [0.15, 0.2) is 0 Å². The zero-order chi connectivity index (χ0) is 20.3. The third kappa shape index (κ3) is 17.0. The lowest BCUT2D eigenvalue weighted by molar-refractivity contribution is -0.142. The molecule has 1 unspecified atom stereocenters. The number of carbonyl (C=O) groups excluding carboxylic acids is 1. The Kier molecular flexibility index (Phi) is 18.0. The first-order chi connectivity index (χ1) is 13.0. The highest BCUT2D eigenvalue weighted by atomic mass is 16.5. The Morgan fingerprint density at radius 3 is 1.74 bits per heavy atom. The Balaban J connectivity index is 4.15. The molecule has 0 bridgehead atoms. The molecule has 0 saturated carbocycles. The number of ether oxygens (including phenoxy) is 1. The van der Waals surface area contributed by atoms with Crippen molar-refractivity contribution in [3.05, 3.63) is 12.2 Å². The minimum Gasteiger partial charge on any atom is -0.460 e. The topological polar surface area (TPSA) is 46.5 Å². The van der Waals surface area contributed by atoms with Crippen molar-refractivity contribution in [2.45, 2.75) is 123 Å². The van der Waals surface area contributed by atoms with E-state index in [1.54, 1.807) is 6.92 Å². The van der Waals surface area contributed by atoms with Crippen LogP contribution in [0.2, 0.25) is 0 Å². The molecular weight excluding hydrogens is 336 g/mol. The van der Waals surface area contributed by atoms with Crippen LogP contribution in [-0.4, -0.2) is 23.8 Å². The zero-order valence-electron chi connectivity index (χ0n) is 18.4. The van der Waals surface area contributed by atoms with Gasteiger partial charge in [0, 0.05) is 5.57 Å². The number of aliphatic hydroxyl groups is 1. The van der Waals surface area contributed by atoms with Gasteiger partial charge in [-0.1, -0.05) is 110 Å². The summed E-state index contributed by atoms with van der Waals surface area (Å²) in [6.07, 6.45) is 18.3. The molecule has 1 atom stereocenters. The van der Waals surface area contributed by atoms with Crippen molar-refractivity contribution in [3.63, 3.8) is 0 Å². The molecule has 27 heavy (non-hydrogen) atoms. The average molecular weight is 383 g/mol. The van der Waals surface area contributed by atoms with E-state index in [4.69, 9.17) is 4.74 Å². The molecule has 0 aliphatic carbocycles. The van der Waals surface area contributed by atoms with Crippen LogP contribution in [0.4, 0.5) is 0 Å². The summed E-state index contributed by atoms with van der Waals surface area (Å²) in [5.74, 6) is 0.137. The predicted molar refractivity (Wildman–Crippen MR) is 116 cm³/mol. The Morgan fingerprint density at radius 2 is 1.30 bits per heavy atom. The molecule has 0 aliphatic heterocycles. The van der Waals surface area contributed by atoms with Crippen molar-refractivity contribution < 1.29 is 14.6 Å². The second kappa shape index (κ2) is 18.5. The number of rotatable bonds is 19. The molecule has 3 heteroatoms. The molecule has 0 rings (SSSR count). The second-order valence-electron chi connectivity index (χ2n) is 8.25. The minimum absolute atomic E-state index is 0.0925. The van der Waals surface area contributed by atoms with Crippen LogP contribution in [0.5, 0.6) is 0 Å². The van der Waals surface area contributed by atoms with Gasteiger partial charge >= 0.3 is 5.97 Å². The van der Waals surface area contributed by atoms with Crippen molar-refractivity contribution >= 4 is 5.97 Å². The number of esters is 1. The molecule has 3 nitrogen and oxygen atoms in total. The smallest absolute Gasteiger partial charge is 0.333 e. The number of unbranched alkanes of at least 4 members (excludes halogenated alkanes) is 10. The fraction of sp³-hybridized carbons (Fsp3) is 0.875. The molecule has 0 amide bonds. The maximum absolute atomic E-state index is 11.5. The van der Waals surface area contributed by atoms with Gasteiger partial charge in [-0.15, -0.1) is 0 Å². The highest BCUT2D eigenvalue weighted by Crippen LogP contribution is 2.23. The van der Waals surface area contributed by atoms with E-state index in [-0.39, 0.29) is 6.61 Å². The Labute approximate surface area is 169 Å².